The van der Waals surface area contributed by atoms with E-state index in [4.69, 9.17) is 4.74 Å². The van der Waals surface area contributed by atoms with Crippen molar-refractivity contribution in [2.45, 2.75) is 18.7 Å². The van der Waals surface area contributed by atoms with Gasteiger partial charge in [0.1, 0.15) is 11.6 Å². The third-order valence-corrected chi connectivity index (χ3v) is 3.44. The fraction of sp³-hybridized carbons (Fsp3) is 0.333. The summed E-state index contributed by atoms with van der Waals surface area (Å²) in [4.78, 5) is 0. The molecule has 0 aromatic heterocycles. The van der Waals surface area contributed by atoms with Crippen LogP contribution in [0.15, 0.2) is 22.7 Å². The van der Waals surface area contributed by atoms with E-state index in [2.05, 4.69) is 31.9 Å². The Bertz CT molecular complexity index is 402. The molecule has 1 rings (SSSR count). The minimum absolute atomic E-state index is 0.273. The number of alkyl halides is 1. The van der Waals surface area contributed by atoms with Crippen LogP contribution in [0.25, 0.3) is 5.76 Å². The largest absolute Gasteiger partial charge is 0.496 e. The number of halogens is 3. The Morgan fingerprint density at radius 3 is 2.69 bits per heavy atom. The van der Waals surface area contributed by atoms with Gasteiger partial charge < -0.3 is 4.74 Å². The number of allylic oxidation sites excluding steroid dienone is 1. The molecule has 0 spiro atoms. The van der Waals surface area contributed by atoms with Gasteiger partial charge in [0, 0.05) is 15.4 Å². The first-order chi connectivity index (χ1) is 7.63. The summed E-state index contributed by atoms with van der Waals surface area (Å²) in [5, 5.41) is 0.646. The molecule has 0 amide bonds. The van der Waals surface area contributed by atoms with Crippen LogP contribution in [0, 0.1) is 5.82 Å². The van der Waals surface area contributed by atoms with Gasteiger partial charge in [0.25, 0.3) is 0 Å². The summed E-state index contributed by atoms with van der Waals surface area (Å²) in [5.41, 5.74) is 1.77. The van der Waals surface area contributed by atoms with Crippen LogP contribution in [0.4, 0.5) is 4.39 Å². The van der Waals surface area contributed by atoms with Gasteiger partial charge in [0.05, 0.1) is 7.11 Å². The fourth-order valence-electron chi connectivity index (χ4n) is 1.45. The molecule has 1 aromatic rings. The second-order valence-corrected chi connectivity index (χ2v) is 4.64. The van der Waals surface area contributed by atoms with Gasteiger partial charge in [-0.05, 0) is 30.2 Å². The lowest BCUT2D eigenvalue weighted by molar-refractivity contribution is 0.368. The van der Waals surface area contributed by atoms with Crippen LogP contribution in [0.1, 0.15) is 24.5 Å². The van der Waals surface area contributed by atoms with E-state index < -0.39 is 0 Å². The quantitative estimate of drug-likeness (QED) is 0.554. The molecule has 0 saturated carbocycles. The van der Waals surface area contributed by atoms with Gasteiger partial charge in [-0.15, -0.1) is 0 Å². The molecular formula is C12H13Br2FO. The van der Waals surface area contributed by atoms with Crippen molar-refractivity contribution < 1.29 is 9.13 Å². The van der Waals surface area contributed by atoms with Gasteiger partial charge >= 0.3 is 0 Å². The molecule has 88 valence electrons. The summed E-state index contributed by atoms with van der Waals surface area (Å²) in [7, 11) is 1.60. The normalized spacial score (nSPS) is 11.7. The van der Waals surface area contributed by atoms with Crippen LogP contribution in [-0.2, 0) is 10.1 Å². The Hall–Kier alpha value is -0.350. The highest BCUT2D eigenvalue weighted by atomic mass is 79.9. The fourth-order valence-corrected chi connectivity index (χ4v) is 3.00. The minimum Gasteiger partial charge on any atom is -0.496 e. The number of methoxy groups -OCH3 is 1. The molecule has 0 bridgehead atoms. The summed E-state index contributed by atoms with van der Waals surface area (Å²) >= 11 is 6.75. The predicted octanol–water partition coefficient (Wildman–Crippen LogP) is 4.88. The third-order valence-electron chi connectivity index (χ3n) is 2.17. The second kappa shape index (κ2) is 6.40. The van der Waals surface area contributed by atoms with Gasteiger partial charge in [0.2, 0.25) is 0 Å². The summed E-state index contributed by atoms with van der Waals surface area (Å²) in [6.45, 7) is 2.02. The van der Waals surface area contributed by atoms with Gasteiger partial charge in [-0.1, -0.05) is 38.8 Å². The molecule has 1 aromatic carbocycles. The Morgan fingerprint density at radius 1 is 1.50 bits per heavy atom. The molecule has 0 aliphatic heterocycles. The van der Waals surface area contributed by atoms with E-state index in [1.54, 1.807) is 7.11 Å². The van der Waals surface area contributed by atoms with Gasteiger partial charge in [-0.3, -0.25) is 0 Å². The molecule has 16 heavy (non-hydrogen) atoms. The minimum atomic E-state index is -0.273. The number of ether oxygens (including phenoxy) is 1. The highest BCUT2D eigenvalue weighted by Crippen LogP contribution is 2.30. The van der Waals surface area contributed by atoms with Crippen molar-refractivity contribution in [1.29, 1.82) is 0 Å². The Morgan fingerprint density at radius 2 is 2.19 bits per heavy atom. The molecule has 0 fully saturated rings. The molecular weight excluding hydrogens is 339 g/mol. The molecule has 0 aliphatic carbocycles. The standard InChI is InChI=1S/C12H13Br2FO/c1-3-4-12(16-2)9-5-8(15)6-11(14)10(9)7-13/h4-6H,3,7H2,1-2H3/b12-4+. The summed E-state index contributed by atoms with van der Waals surface area (Å²) < 4.78 is 19.4. The average molecular weight is 352 g/mol. The second-order valence-electron chi connectivity index (χ2n) is 3.23. The van der Waals surface area contributed by atoms with Gasteiger partial charge in [-0.2, -0.15) is 0 Å². The molecule has 0 radical (unpaired) electrons. The Kier molecular flexibility index (Phi) is 5.49. The van der Waals surface area contributed by atoms with Gasteiger partial charge in [-0.25, -0.2) is 4.39 Å². The smallest absolute Gasteiger partial charge is 0.125 e. The number of hydrogen-bond donors (Lipinski definition) is 0. The van der Waals surface area contributed by atoms with Crippen LogP contribution in [0.5, 0.6) is 0 Å². The lowest BCUT2D eigenvalue weighted by Crippen LogP contribution is -1.96. The van der Waals surface area contributed by atoms with Crippen molar-refractivity contribution in [3.63, 3.8) is 0 Å². The monoisotopic (exact) mass is 350 g/mol. The Balaban J connectivity index is 3.35. The first-order valence-electron chi connectivity index (χ1n) is 4.92. The van der Waals surface area contributed by atoms with Crippen LogP contribution in [-0.4, -0.2) is 7.11 Å². The van der Waals surface area contributed by atoms with Crippen molar-refractivity contribution in [3.05, 3.63) is 39.6 Å². The van der Waals surface area contributed by atoms with Crippen LogP contribution < -0.4 is 0 Å². The molecule has 0 heterocycles. The van der Waals surface area contributed by atoms with E-state index in [0.717, 1.165) is 22.0 Å². The number of rotatable bonds is 4. The highest BCUT2D eigenvalue weighted by Gasteiger charge is 2.12. The van der Waals surface area contributed by atoms with Crippen LogP contribution in [0.3, 0.4) is 0 Å². The zero-order valence-electron chi connectivity index (χ0n) is 9.19. The van der Waals surface area contributed by atoms with Crippen molar-refractivity contribution in [1.82, 2.24) is 0 Å². The highest BCUT2D eigenvalue weighted by molar-refractivity contribution is 9.10. The predicted molar refractivity (Wildman–Crippen MR) is 72.0 cm³/mol. The third kappa shape index (κ3) is 3.08. The maximum absolute atomic E-state index is 13.4. The van der Waals surface area contributed by atoms with E-state index in [1.807, 2.05) is 13.0 Å². The van der Waals surface area contributed by atoms with E-state index >= 15 is 0 Å². The van der Waals surface area contributed by atoms with E-state index in [1.165, 1.54) is 12.1 Å². The SMILES string of the molecule is CC/C=C(/OC)c1cc(F)cc(Br)c1CBr. The summed E-state index contributed by atoms with van der Waals surface area (Å²) in [5.74, 6) is 0.433. The molecule has 0 saturated heterocycles. The van der Waals surface area contributed by atoms with E-state index in [9.17, 15) is 4.39 Å². The molecule has 0 N–H and O–H groups in total. The first-order valence-corrected chi connectivity index (χ1v) is 6.83. The molecule has 0 unspecified atom stereocenters. The van der Waals surface area contributed by atoms with Crippen LogP contribution >= 0.6 is 31.9 Å². The number of hydrogen-bond acceptors (Lipinski definition) is 1. The van der Waals surface area contributed by atoms with Crippen molar-refractivity contribution in [3.8, 4) is 0 Å². The van der Waals surface area contributed by atoms with E-state index in [0.29, 0.717) is 11.1 Å². The van der Waals surface area contributed by atoms with Crippen molar-refractivity contribution in [2.24, 2.45) is 0 Å². The lowest BCUT2D eigenvalue weighted by Gasteiger charge is -2.12. The number of benzene rings is 1. The Labute approximate surface area is 112 Å². The molecule has 0 atom stereocenters. The van der Waals surface area contributed by atoms with Crippen molar-refractivity contribution in [2.75, 3.05) is 7.11 Å². The maximum Gasteiger partial charge on any atom is 0.125 e. The maximum atomic E-state index is 13.4. The molecule has 4 heteroatoms. The molecule has 0 aliphatic rings. The summed E-state index contributed by atoms with van der Waals surface area (Å²) in [6, 6.07) is 2.95. The lowest BCUT2D eigenvalue weighted by atomic mass is 10.1. The van der Waals surface area contributed by atoms with Gasteiger partial charge in [0.15, 0.2) is 0 Å². The molecule has 1 nitrogen and oxygen atoms in total. The summed E-state index contributed by atoms with van der Waals surface area (Å²) in [6.07, 6.45) is 2.78. The van der Waals surface area contributed by atoms with Crippen molar-refractivity contribution >= 4 is 37.6 Å². The van der Waals surface area contributed by atoms with E-state index in [-0.39, 0.29) is 5.82 Å². The van der Waals surface area contributed by atoms with Crippen LogP contribution in [0.2, 0.25) is 0 Å². The average Bonchev–Trinajstić information content (AvgIpc) is 2.25. The topological polar surface area (TPSA) is 9.23 Å². The zero-order chi connectivity index (χ0) is 12.1. The first kappa shape index (κ1) is 13.7. The zero-order valence-corrected chi connectivity index (χ0v) is 12.4.